The van der Waals surface area contributed by atoms with Gasteiger partial charge in [-0.25, -0.2) is 4.79 Å². The van der Waals surface area contributed by atoms with E-state index in [2.05, 4.69) is 10.6 Å². The van der Waals surface area contributed by atoms with Gasteiger partial charge in [0.15, 0.2) is 0 Å². The highest BCUT2D eigenvalue weighted by Crippen LogP contribution is 2.32. The van der Waals surface area contributed by atoms with E-state index < -0.39 is 6.03 Å². The maximum atomic E-state index is 11.9. The van der Waals surface area contributed by atoms with E-state index in [0.29, 0.717) is 27.8 Å². The number of nitrogen functional groups attached to an aromatic ring is 1. The molecule has 5 nitrogen and oxygen atoms in total. The molecular weight excluding hydrogens is 278 g/mol. The number of hydrogen-bond acceptors (Lipinski definition) is 3. The van der Waals surface area contributed by atoms with Gasteiger partial charge in [-0.1, -0.05) is 29.8 Å². The van der Waals surface area contributed by atoms with Crippen LogP contribution in [-0.4, -0.2) is 13.1 Å². The van der Waals surface area contributed by atoms with Gasteiger partial charge in [-0.05, 0) is 18.2 Å². The van der Waals surface area contributed by atoms with Gasteiger partial charge in [0, 0.05) is 11.8 Å². The van der Waals surface area contributed by atoms with Gasteiger partial charge in [0.1, 0.15) is 5.75 Å². The lowest BCUT2D eigenvalue weighted by Crippen LogP contribution is -2.19. The average Bonchev–Trinajstić information content (AvgIpc) is 2.43. The minimum Gasteiger partial charge on any atom is -0.494 e. The van der Waals surface area contributed by atoms with Crippen molar-refractivity contribution in [1.29, 1.82) is 0 Å². The van der Waals surface area contributed by atoms with Gasteiger partial charge in [0.25, 0.3) is 0 Å². The maximum Gasteiger partial charge on any atom is 0.323 e. The van der Waals surface area contributed by atoms with Crippen LogP contribution < -0.4 is 21.1 Å². The molecule has 0 saturated heterocycles. The Labute approximate surface area is 121 Å². The van der Waals surface area contributed by atoms with Gasteiger partial charge in [0.2, 0.25) is 0 Å². The van der Waals surface area contributed by atoms with Gasteiger partial charge in [0.05, 0.1) is 23.5 Å². The van der Waals surface area contributed by atoms with Crippen LogP contribution in [0.2, 0.25) is 5.02 Å². The number of benzene rings is 2. The van der Waals surface area contributed by atoms with Gasteiger partial charge < -0.3 is 21.1 Å². The summed E-state index contributed by atoms with van der Waals surface area (Å²) in [7, 11) is 1.49. The summed E-state index contributed by atoms with van der Waals surface area (Å²) in [5.41, 5.74) is 7.20. The number of halogens is 1. The number of para-hydroxylation sites is 1. The molecule has 0 aliphatic heterocycles. The first-order chi connectivity index (χ1) is 9.60. The number of urea groups is 1. The zero-order chi connectivity index (χ0) is 14.5. The molecule has 104 valence electrons. The second-order valence-corrected chi connectivity index (χ2v) is 4.43. The molecule has 0 unspecified atom stereocenters. The first-order valence-electron chi connectivity index (χ1n) is 5.86. The molecule has 0 spiro atoms. The van der Waals surface area contributed by atoms with Crippen molar-refractivity contribution in [1.82, 2.24) is 0 Å². The highest BCUT2D eigenvalue weighted by molar-refractivity contribution is 6.33. The Morgan fingerprint density at radius 3 is 2.55 bits per heavy atom. The van der Waals surface area contributed by atoms with Crippen LogP contribution in [0.15, 0.2) is 42.5 Å². The summed E-state index contributed by atoms with van der Waals surface area (Å²) in [6.45, 7) is 0. The number of nitrogens with one attached hydrogen (secondary N) is 2. The molecule has 0 aliphatic carbocycles. The molecule has 0 aromatic heterocycles. The summed E-state index contributed by atoms with van der Waals surface area (Å²) < 4.78 is 5.15. The molecule has 4 N–H and O–H groups in total. The van der Waals surface area contributed by atoms with Crippen molar-refractivity contribution >= 4 is 34.7 Å². The molecule has 0 fully saturated rings. The van der Waals surface area contributed by atoms with Crippen LogP contribution in [0.3, 0.4) is 0 Å². The van der Waals surface area contributed by atoms with Crippen LogP contribution in [0.1, 0.15) is 0 Å². The van der Waals surface area contributed by atoms with Crippen LogP contribution in [-0.2, 0) is 0 Å². The Morgan fingerprint density at radius 2 is 1.90 bits per heavy atom. The van der Waals surface area contributed by atoms with Crippen molar-refractivity contribution in [2.24, 2.45) is 0 Å². The molecule has 0 bridgehead atoms. The number of carbonyl (C=O) groups excluding carboxylic acids is 1. The third-order valence-electron chi connectivity index (χ3n) is 2.60. The summed E-state index contributed by atoms with van der Waals surface area (Å²) in [4.78, 5) is 11.9. The SMILES string of the molecule is COc1cc(N)c(Cl)cc1NC(=O)Nc1ccccc1. The molecule has 0 aliphatic rings. The van der Waals surface area contributed by atoms with E-state index in [1.807, 2.05) is 18.2 Å². The maximum absolute atomic E-state index is 11.9. The lowest BCUT2D eigenvalue weighted by molar-refractivity contribution is 0.262. The van der Waals surface area contributed by atoms with E-state index in [4.69, 9.17) is 22.1 Å². The van der Waals surface area contributed by atoms with Crippen molar-refractivity contribution in [2.45, 2.75) is 0 Å². The minimum atomic E-state index is -0.393. The molecule has 0 saturated carbocycles. The summed E-state index contributed by atoms with van der Waals surface area (Å²) in [6.07, 6.45) is 0. The Bertz CT molecular complexity index is 617. The van der Waals surface area contributed by atoms with Crippen LogP contribution >= 0.6 is 11.6 Å². The first kappa shape index (κ1) is 14.0. The average molecular weight is 292 g/mol. The predicted octanol–water partition coefficient (Wildman–Crippen LogP) is 3.57. The van der Waals surface area contributed by atoms with Crippen LogP contribution in [0.25, 0.3) is 0 Å². The van der Waals surface area contributed by atoms with Crippen molar-refractivity contribution < 1.29 is 9.53 Å². The van der Waals surface area contributed by atoms with Crippen LogP contribution in [0, 0.1) is 0 Å². The van der Waals surface area contributed by atoms with E-state index >= 15 is 0 Å². The molecule has 0 radical (unpaired) electrons. The minimum absolute atomic E-state index is 0.348. The van der Waals surface area contributed by atoms with Crippen molar-refractivity contribution in [2.75, 3.05) is 23.5 Å². The fourth-order valence-corrected chi connectivity index (χ4v) is 1.81. The summed E-state index contributed by atoms with van der Waals surface area (Å²) in [5.74, 6) is 0.440. The molecule has 2 aromatic rings. The molecule has 20 heavy (non-hydrogen) atoms. The second kappa shape index (κ2) is 6.16. The van der Waals surface area contributed by atoms with E-state index in [1.54, 1.807) is 24.3 Å². The quantitative estimate of drug-likeness (QED) is 0.757. The third kappa shape index (κ3) is 3.33. The molecule has 2 aromatic carbocycles. The number of anilines is 3. The van der Waals surface area contributed by atoms with Crippen molar-refractivity contribution in [3.8, 4) is 5.75 Å². The lowest BCUT2D eigenvalue weighted by atomic mass is 10.2. The fourth-order valence-electron chi connectivity index (χ4n) is 1.64. The Hall–Kier alpha value is -2.40. The Morgan fingerprint density at radius 1 is 1.20 bits per heavy atom. The third-order valence-corrected chi connectivity index (χ3v) is 2.93. The van der Waals surface area contributed by atoms with E-state index in [-0.39, 0.29) is 0 Å². The van der Waals surface area contributed by atoms with E-state index in [1.165, 1.54) is 7.11 Å². The highest BCUT2D eigenvalue weighted by Gasteiger charge is 2.10. The number of amides is 2. The van der Waals surface area contributed by atoms with E-state index in [0.717, 1.165) is 0 Å². The van der Waals surface area contributed by atoms with Crippen LogP contribution in [0.4, 0.5) is 21.9 Å². The normalized spacial score (nSPS) is 9.90. The molecule has 6 heteroatoms. The lowest BCUT2D eigenvalue weighted by Gasteiger charge is -2.12. The first-order valence-corrected chi connectivity index (χ1v) is 6.24. The predicted molar refractivity (Wildman–Crippen MR) is 81.5 cm³/mol. The second-order valence-electron chi connectivity index (χ2n) is 4.02. The summed E-state index contributed by atoms with van der Waals surface area (Å²) in [6, 6.07) is 11.8. The number of methoxy groups -OCH3 is 1. The van der Waals surface area contributed by atoms with Crippen molar-refractivity contribution in [3.05, 3.63) is 47.5 Å². The Balaban J connectivity index is 2.13. The van der Waals surface area contributed by atoms with Gasteiger partial charge in [-0.15, -0.1) is 0 Å². The molecular formula is C14H14ClN3O2. The van der Waals surface area contributed by atoms with Crippen LogP contribution in [0.5, 0.6) is 5.75 Å². The summed E-state index contributed by atoms with van der Waals surface area (Å²) >= 11 is 5.93. The topological polar surface area (TPSA) is 76.4 Å². The fraction of sp³-hybridized carbons (Fsp3) is 0.0714. The standard InChI is InChI=1S/C14H14ClN3O2/c1-20-13-8-11(16)10(15)7-12(13)18-14(19)17-9-5-3-2-4-6-9/h2-8H,16H2,1H3,(H2,17,18,19). The Kier molecular flexibility index (Phi) is 4.32. The highest BCUT2D eigenvalue weighted by atomic mass is 35.5. The van der Waals surface area contributed by atoms with Crippen molar-refractivity contribution in [3.63, 3.8) is 0 Å². The zero-order valence-electron chi connectivity index (χ0n) is 10.8. The number of ether oxygens (including phenoxy) is 1. The monoisotopic (exact) mass is 291 g/mol. The number of hydrogen-bond donors (Lipinski definition) is 3. The molecule has 2 rings (SSSR count). The molecule has 0 atom stereocenters. The number of nitrogens with two attached hydrogens (primary N) is 1. The smallest absolute Gasteiger partial charge is 0.323 e. The van der Waals surface area contributed by atoms with E-state index in [9.17, 15) is 4.79 Å². The summed E-state index contributed by atoms with van der Waals surface area (Å²) in [5, 5.41) is 5.71. The van der Waals surface area contributed by atoms with Gasteiger partial charge in [-0.3, -0.25) is 0 Å². The number of rotatable bonds is 3. The molecule has 2 amide bonds. The largest absolute Gasteiger partial charge is 0.494 e. The van der Waals surface area contributed by atoms with Gasteiger partial charge in [-0.2, -0.15) is 0 Å². The molecule has 0 heterocycles. The van der Waals surface area contributed by atoms with Gasteiger partial charge >= 0.3 is 6.03 Å². The number of carbonyl (C=O) groups is 1. The zero-order valence-corrected chi connectivity index (χ0v) is 11.6.